The molecule has 5 aromatic carbocycles. The SMILES string of the molecule is C=COc1ccc(-c2cccc(-c3ccc4ccc5ccc(OC=C)c(OC=C)c5c4c3)c2)c(OC=C)c1. The standard InChI is InChI=1S/C34H26O4/c1-5-35-28-17-18-29(32(22-28)37-7-3)27-11-9-10-25(20-27)26-15-13-23-12-14-24-16-19-31(36-6-2)34(38-8-4)33(24)30(23)21-26/h5-22H,1-4H2. The van der Waals surface area contributed by atoms with E-state index in [1.165, 1.54) is 25.0 Å². The van der Waals surface area contributed by atoms with Crippen LogP contribution in [-0.2, 0) is 0 Å². The Labute approximate surface area is 222 Å². The normalized spacial score (nSPS) is 10.5. The van der Waals surface area contributed by atoms with Crippen molar-refractivity contribution in [3.05, 3.63) is 136 Å². The van der Waals surface area contributed by atoms with Gasteiger partial charge in [0.15, 0.2) is 11.5 Å². The van der Waals surface area contributed by atoms with Crippen LogP contribution in [-0.4, -0.2) is 0 Å². The Morgan fingerprint density at radius 2 is 1.16 bits per heavy atom. The third kappa shape index (κ3) is 4.63. The van der Waals surface area contributed by atoms with E-state index in [1.54, 1.807) is 0 Å². The minimum Gasteiger partial charge on any atom is -0.465 e. The average molecular weight is 499 g/mol. The summed E-state index contributed by atoms with van der Waals surface area (Å²) in [6.45, 7) is 14.8. The van der Waals surface area contributed by atoms with Gasteiger partial charge >= 0.3 is 0 Å². The number of benzene rings is 5. The van der Waals surface area contributed by atoms with Crippen LogP contribution in [0, 0.1) is 0 Å². The Balaban J connectivity index is 1.67. The zero-order valence-electron chi connectivity index (χ0n) is 20.9. The van der Waals surface area contributed by atoms with E-state index in [1.807, 2.05) is 42.5 Å². The Kier molecular flexibility index (Phi) is 6.96. The third-order valence-corrected chi connectivity index (χ3v) is 6.22. The number of hydrogen-bond acceptors (Lipinski definition) is 4. The lowest BCUT2D eigenvalue weighted by atomic mass is 9.94. The van der Waals surface area contributed by atoms with Gasteiger partial charge in [-0.25, -0.2) is 0 Å². The zero-order chi connectivity index (χ0) is 26.5. The summed E-state index contributed by atoms with van der Waals surface area (Å²) < 4.78 is 22.6. The fourth-order valence-corrected chi connectivity index (χ4v) is 4.62. The molecule has 0 heterocycles. The number of rotatable bonds is 10. The highest BCUT2D eigenvalue weighted by Crippen LogP contribution is 2.42. The summed E-state index contributed by atoms with van der Waals surface area (Å²) in [5.41, 5.74) is 4.04. The molecule has 0 spiro atoms. The van der Waals surface area contributed by atoms with E-state index >= 15 is 0 Å². The summed E-state index contributed by atoms with van der Waals surface area (Å²) in [6.07, 6.45) is 5.58. The van der Waals surface area contributed by atoms with Crippen LogP contribution in [0.2, 0.25) is 0 Å². The van der Waals surface area contributed by atoms with Crippen LogP contribution in [0.15, 0.2) is 136 Å². The quantitative estimate of drug-likeness (QED) is 0.142. The first-order valence-electron chi connectivity index (χ1n) is 12.0. The summed E-state index contributed by atoms with van der Waals surface area (Å²) in [6, 6.07) is 28.4. The number of fused-ring (bicyclic) bond motifs is 3. The smallest absolute Gasteiger partial charge is 0.177 e. The van der Waals surface area contributed by atoms with E-state index in [4.69, 9.17) is 18.9 Å². The highest BCUT2D eigenvalue weighted by Gasteiger charge is 2.14. The molecule has 0 fully saturated rings. The second-order valence-electron chi connectivity index (χ2n) is 8.37. The molecule has 0 amide bonds. The minimum absolute atomic E-state index is 0.575. The summed E-state index contributed by atoms with van der Waals surface area (Å²) in [5.74, 6) is 2.45. The van der Waals surface area contributed by atoms with Crippen molar-refractivity contribution in [2.75, 3.05) is 0 Å². The maximum absolute atomic E-state index is 5.85. The lowest BCUT2D eigenvalue weighted by Gasteiger charge is -2.14. The summed E-state index contributed by atoms with van der Waals surface area (Å²) in [7, 11) is 0. The van der Waals surface area contributed by atoms with E-state index in [0.717, 1.165) is 43.8 Å². The molecule has 0 radical (unpaired) electrons. The van der Waals surface area contributed by atoms with E-state index in [0.29, 0.717) is 23.0 Å². The lowest BCUT2D eigenvalue weighted by Crippen LogP contribution is -1.91. The summed E-state index contributed by atoms with van der Waals surface area (Å²) in [4.78, 5) is 0. The molecule has 5 rings (SSSR count). The van der Waals surface area contributed by atoms with Gasteiger partial charge in [-0.1, -0.05) is 74.8 Å². The molecule has 5 aromatic rings. The first-order valence-corrected chi connectivity index (χ1v) is 12.0. The van der Waals surface area contributed by atoms with Gasteiger partial charge in [0.05, 0.1) is 25.0 Å². The summed E-state index contributed by atoms with van der Waals surface area (Å²) in [5, 5.41) is 4.10. The van der Waals surface area contributed by atoms with Gasteiger partial charge in [0.25, 0.3) is 0 Å². The first-order chi connectivity index (χ1) is 18.7. The monoisotopic (exact) mass is 498 g/mol. The maximum atomic E-state index is 5.85. The Hall–Kier alpha value is -5.22. The average Bonchev–Trinajstić information content (AvgIpc) is 2.94. The second-order valence-corrected chi connectivity index (χ2v) is 8.37. The molecule has 0 bridgehead atoms. The van der Waals surface area contributed by atoms with Crippen molar-refractivity contribution < 1.29 is 18.9 Å². The Bertz CT molecular complexity index is 1700. The molecule has 186 valence electrons. The van der Waals surface area contributed by atoms with Gasteiger partial charge in [-0.3, -0.25) is 0 Å². The van der Waals surface area contributed by atoms with Crippen LogP contribution in [0.5, 0.6) is 23.0 Å². The molecule has 0 saturated carbocycles. The Morgan fingerprint density at radius 1 is 0.500 bits per heavy atom. The maximum Gasteiger partial charge on any atom is 0.177 e. The fourth-order valence-electron chi connectivity index (χ4n) is 4.62. The van der Waals surface area contributed by atoms with Gasteiger partial charge in [-0.2, -0.15) is 0 Å². The van der Waals surface area contributed by atoms with E-state index in [9.17, 15) is 0 Å². The molecule has 0 N–H and O–H groups in total. The van der Waals surface area contributed by atoms with Crippen LogP contribution >= 0.6 is 0 Å². The van der Waals surface area contributed by atoms with E-state index < -0.39 is 0 Å². The third-order valence-electron chi connectivity index (χ3n) is 6.22. The van der Waals surface area contributed by atoms with Gasteiger partial charge in [0.1, 0.15) is 11.5 Å². The molecule has 4 heteroatoms. The highest BCUT2D eigenvalue weighted by molar-refractivity contribution is 6.12. The zero-order valence-corrected chi connectivity index (χ0v) is 20.9. The van der Waals surface area contributed by atoms with Crippen molar-refractivity contribution in [1.82, 2.24) is 0 Å². The second kappa shape index (κ2) is 10.8. The predicted molar refractivity (Wildman–Crippen MR) is 156 cm³/mol. The number of ether oxygens (including phenoxy) is 4. The van der Waals surface area contributed by atoms with E-state index in [2.05, 4.69) is 68.8 Å². The van der Waals surface area contributed by atoms with Gasteiger partial charge in [-0.05, 0) is 63.2 Å². The molecule has 0 saturated heterocycles. The molecule has 0 aliphatic carbocycles. The lowest BCUT2D eigenvalue weighted by molar-refractivity contribution is 0.423. The van der Waals surface area contributed by atoms with Gasteiger partial charge in [0, 0.05) is 17.0 Å². The predicted octanol–water partition coefficient (Wildman–Crippen LogP) is 9.42. The largest absolute Gasteiger partial charge is 0.465 e. The van der Waals surface area contributed by atoms with Crippen molar-refractivity contribution >= 4 is 21.5 Å². The topological polar surface area (TPSA) is 36.9 Å². The van der Waals surface area contributed by atoms with Crippen molar-refractivity contribution in [3.63, 3.8) is 0 Å². The molecule has 38 heavy (non-hydrogen) atoms. The molecular weight excluding hydrogens is 472 g/mol. The van der Waals surface area contributed by atoms with Crippen LogP contribution in [0.3, 0.4) is 0 Å². The molecule has 0 aliphatic heterocycles. The van der Waals surface area contributed by atoms with Crippen molar-refractivity contribution in [2.45, 2.75) is 0 Å². The van der Waals surface area contributed by atoms with Gasteiger partial charge < -0.3 is 18.9 Å². The van der Waals surface area contributed by atoms with Crippen molar-refractivity contribution in [2.24, 2.45) is 0 Å². The first kappa shape index (κ1) is 24.5. The molecular formula is C34H26O4. The van der Waals surface area contributed by atoms with Crippen LogP contribution in [0.4, 0.5) is 0 Å². The minimum atomic E-state index is 0.575. The fraction of sp³-hybridized carbons (Fsp3) is 0. The van der Waals surface area contributed by atoms with Crippen molar-refractivity contribution in [1.29, 1.82) is 0 Å². The molecule has 4 nitrogen and oxygen atoms in total. The highest BCUT2D eigenvalue weighted by atomic mass is 16.5. The van der Waals surface area contributed by atoms with Crippen molar-refractivity contribution in [3.8, 4) is 45.3 Å². The molecule has 0 aliphatic rings. The number of hydrogen-bond donors (Lipinski definition) is 0. The van der Waals surface area contributed by atoms with Gasteiger partial charge in [-0.15, -0.1) is 0 Å². The Morgan fingerprint density at radius 3 is 1.95 bits per heavy atom. The van der Waals surface area contributed by atoms with Gasteiger partial charge in [0.2, 0.25) is 0 Å². The van der Waals surface area contributed by atoms with Crippen LogP contribution in [0.1, 0.15) is 0 Å². The molecule has 0 unspecified atom stereocenters. The summed E-state index contributed by atoms with van der Waals surface area (Å²) >= 11 is 0. The van der Waals surface area contributed by atoms with Crippen LogP contribution in [0.25, 0.3) is 43.8 Å². The van der Waals surface area contributed by atoms with Crippen LogP contribution < -0.4 is 18.9 Å². The van der Waals surface area contributed by atoms with E-state index in [-0.39, 0.29) is 0 Å². The molecule has 0 atom stereocenters. The molecule has 0 aromatic heterocycles.